The molecule has 0 aromatic heterocycles. The minimum atomic E-state index is -3.79. The molecule has 0 unspecified atom stereocenters. The first kappa shape index (κ1) is 37.7. The van der Waals surface area contributed by atoms with E-state index in [2.05, 4.69) is 5.16 Å². The number of ether oxygens (including phenoxy) is 3. The van der Waals surface area contributed by atoms with Crippen LogP contribution in [0.4, 0.5) is 8.78 Å². The van der Waals surface area contributed by atoms with E-state index in [1.165, 1.54) is 12.1 Å². The molecule has 1 saturated heterocycles. The zero-order chi connectivity index (χ0) is 36.9. The summed E-state index contributed by atoms with van der Waals surface area (Å²) in [5, 5.41) is 12.5. The van der Waals surface area contributed by atoms with Gasteiger partial charge >= 0.3 is 0 Å². The lowest BCUT2D eigenvalue weighted by molar-refractivity contribution is -0.0277. The number of nitrogens with two attached hydrogens (primary N) is 1. The van der Waals surface area contributed by atoms with Gasteiger partial charge in [-0.05, 0) is 104 Å². The van der Waals surface area contributed by atoms with Crippen molar-refractivity contribution in [2.75, 3.05) is 20.2 Å². The highest BCUT2D eigenvalue weighted by atomic mass is 32.2. The fraction of sp³-hybridized carbons (Fsp3) is 0.359. The summed E-state index contributed by atoms with van der Waals surface area (Å²) in [7, 11) is -2.24. The van der Waals surface area contributed by atoms with Gasteiger partial charge < -0.3 is 25.2 Å². The molecule has 12 heteroatoms. The van der Waals surface area contributed by atoms with Gasteiger partial charge in [-0.1, -0.05) is 43.3 Å². The Bertz CT molecular complexity index is 1950. The van der Waals surface area contributed by atoms with Crippen LogP contribution in [0.2, 0.25) is 0 Å². The monoisotopic (exact) mass is 721 g/mol. The van der Waals surface area contributed by atoms with E-state index < -0.39 is 27.3 Å². The molecule has 1 aliphatic heterocycles. The Kier molecular flexibility index (Phi) is 11.7. The second-order valence-electron chi connectivity index (χ2n) is 13.9. The van der Waals surface area contributed by atoms with Crippen LogP contribution in [0.1, 0.15) is 50.8 Å². The third-order valence-corrected chi connectivity index (χ3v) is 10.8. The summed E-state index contributed by atoms with van der Waals surface area (Å²) in [4.78, 5) is 0.213. The molecule has 0 radical (unpaired) electrons. The molecule has 9 nitrogen and oxygen atoms in total. The van der Waals surface area contributed by atoms with Crippen molar-refractivity contribution in [1.82, 2.24) is 4.31 Å². The highest BCUT2D eigenvalue weighted by Gasteiger charge is 2.42. The summed E-state index contributed by atoms with van der Waals surface area (Å²) in [6.45, 7) is 8.74. The zero-order valence-corrected chi connectivity index (χ0v) is 30.3. The van der Waals surface area contributed by atoms with E-state index in [4.69, 9.17) is 19.9 Å². The third kappa shape index (κ3) is 9.24. The molecular weight excluding hydrogens is 677 g/mol. The normalized spacial score (nSPS) is 17.6. The molecule has 51 heavy (non-hydrogen) atoms. The molecule has 272 valence electrons. The first-order valence-corrected chi connectivity index (χ1v) is 18.2. The number of amidine groups is 1. The lowest BCUT2D eigenvalue weighted by Gasteiger charge is -2.29. The fourth-order valence-corrected chi connectivity index (χ4v) is 8.17. The summed E-state index contributed by atoms with van der Waals surface area (Å²) in [6, 6.07) is 22.3. The van der Waals surface area contributed by atoms with Crippen LogP contribution < -0.4 is 15.2 Å². The summed E-state index contributed by atoms with van der Waals surface area (Å²) < 4.78 is 74.9. The maximum atomic E-state index is 14.5. The number of hydrogen-bond acceptors (Lipinski definition) is 7. The maximum Gasteiger partial charge on any atom is 0.243 e. The van der Waals surface area contributed by atoms with Gasteiger partial charge in [0.15, 0.2) is 5.84 Å². The second kappa shape index (κ2) is 15.8. The van der Waals surface area contributed by atoms with Crippen molar-refractivity contribution in [2.45, 2.75) is 63.7 Å². The number of methoxy groups -OCH3 is 1. The molecule has 5 rings (SSSR count). The fourth-order valence-electron chi connectivity index (χ4n) is 6.55. The predicted octanol–water partition coefficient (Wildman–Crippen LogP) is 7.39. The molecule has 0 bridgehead atoms. The Labute approximate surface area is 298 Å². The summed E-state index contributed by atoms with van der Waals surface area (Å²) >= 11 is 0. The van der Waals surface area contributed by atoms with Crippen LogP contribution in [0.3, 0.4) is 0 Å². The van der Waals surface area contributed by atoms with Gasteiger partial charge in [0.1, 0.15) is 29.7 Å². The van der Waals surface area contributed by atoms with Crippen molar-refractivity contribution in [1.29, 1.82) is 0 Å². The van der Waals surface area contributed by atoms with E-state index in [9.17, 15) is 22.4 Å². The molecule has 3 N–H and O–H groups in total. The van der Waals surface area contributed by atoms with Gasteiger partial charge in [0, 0.05) is 35.8 Å². The van der Waals surface area contributed by atoms with E-state index in [-0.39, 0.29) is 47.4 Å². The van der Waals surface area contributed by atoms with Crippen molar-refractivity contribution in [3.8, 4) is 22.6 Å². The van der Waals surface area contributed by atoms with Gasteiger partial charge in [0.05, 0.1) is 23.7 Å². The zero-order valence-electron chi connectivity index (χ0n) is 29.5. The van der Waals surface area contributed by atoms with Crippen molar-refractivity contribution < 1.29 is 36.6 Å². The first-order chi connectivity index (χ1) is 24.2. The molecule has 4 aromatic carbocycles. The number of benzene rings is 4. The molecule has 0 spiro atoms. The number of hydrogen-bond donors (Lipinski definition) is 2. The van der Waals surface area contributed by atoms with Crippen LogP contribution in [0, 0.1) is 23.5 Å². The van der Waals surface area contributed by atoms with Crippen LogP contribution in [-0.4, -0.2) is 55.7 Å². The Morgan fingerprint density at radius 3 is 2.33 bits per heavy atom. The Balaban J connectivity index is 1.28. The highest BCUT2D eigenvalue weighted by molar-refractivity contribution is 7.89. The molecule has 1 fully saturated rings. The summed E-state index contributed by atoms with van der Waals surface area (Å²) in [5.41, 5.74) is 8.16. The SMILES string of the molecule is COc1ccc(S(=O)(=O)N(CC(C)C)C[C@H]2OC(C)(C)C[C@H]2Cc2ccc(OCc3ccc(-c4ccc(F)cc4F)cc3/C(N)=N/O)cc2)cc1. The van der Waals surface area contributed by atoms with E-state index >= 15 is 0 Å². The van der Waals surface area contributed by atoms with Crippen molar-refractivity contribution >= 4 is 15.9 Å². The van der Waals surface area contributed by atoms with Gasteiger partial charge in [0.2, 0.25) is 10.0 Å². The number of nitrogens with zero attached hydrogens (tertiary/aromatic N) is 2. The Morgan fingerprint density at radius 2 is 1.71 bits per heavy atom. The van der Waals surface area contributed by atoms with E-state index in [1.54, 1.807) is 53.9 Å². The molecule has 2 atom stereocenters. The molecule has 0 amide bonds. The van der Waals surface area contributed by atoms with Crippen molar-refractivity contribution in [2.24, 2.45) is 22.7 Å². The minimum absolute atomic E-state index is 0.0697. The summed E-state index contributed by atoms with van der Waals surface area (Å²) in [5.74, 6) is -0.233. The van der Waals surface area contributed by atoms with Crippen molar-refractivity contribution in [3.63, 3.8) is 0 Å². The average molecular weight is 722 g/mol. The quantitative estimate of drug-likeness (QED) is 0.0603. The lowest BCUT2D eigenvalue weighted by atomic mass is 9.88. The van der Waals surface area contributed by atoms with Gasteiger partial charge in [-0.2, -0.15) is 4.31 Å². The standard InChI is InChI=1S/C39H45F2N3O6S/c1-25(2)22-44(51(46,47)33-15-13-31(48-5)14-16-33)23-37-29(21-39(3,4)50-37)18-26-6-11-32(12-7-26)49-24-28-9-8-27(19-35(28)38(42)43-45)34-17-10-30(40)20-36(34)41/h6-17,19-20,25,29,37,45H,18,21-24H2,1-5H3,(H2,42,43)/t29-,37-/m1/s1. The number of halogens is 2. The first-order valence-electron chi connectivity index (χ1n) is 16.8. The van der Waals surface area contributed by atoms with Crippen LogP contribution >= 0.6 is 0 Å². The molecule has 1 heterocycles. The summed E-state index contributed by atoms with van der Waals surface area (Å²) in [6.07, 6.45) is 1.13. The van der Waals surface area contributed by atoms with Crippen LogP contribution in [0.25, 0.3) is 11.1 Å². The van der Waals surface area contributed by atoms with Crippen LogP contribution in [-0.2, 0) is 27.8 Å². The van der Waals surface area contributed by atoms with Gasteiger partial charge in [-0.15, -0.1) is 0 Å². The van der Waals surface area contributed by atoms with Crippen molar-refractivity contribution in [3.05, 3.63) is 113 Å². The Hall–Kier alpha value is -4.52. The molecule has 0 saturated carbocycles. The highest BCUT2D eigenvalue weighted by Crippen LogP contribution is 2.38. The smallest absolute Gasteiger partial charge is 0.243 e. The van der Waals surface area contributed by atoms with E-state index in [0.717, 1.165) is 18.1 Å². The van der Waals surface area contributed by atoms with Gasteiger partial charge in [-0.25, -0.2) is 17.2 Å². The molecular formula is C39H45F2N3O6S. The maximum absolute atomic E-state index is 14.5. The minimum Gasteiger partial charge on any atom is -0.497 e. The second-order valence-corrected chi connectivity index (χ2v) is 15.8. The average Bonchev–Trinajstić information content (AvgIpc) is 3.38. The Morgan fingerprint density at radius 1 is 1.02 bits per heavy atom. The predicted molar refractivity (Wildman–Crippen MR) is 192 cm³/mol. The van der Waals surface area contributed by atoms with Gasteiger partial charge in [-0.3, -0.25) is 0 Å². The van der Waals surface area contributed by atoms with Crippen LogP contribution in [0.5, 0.6) is 11.5 Å². The molecule has 4 aromatic rings. The number of rotatable bonds is 14. The number of oxime groups is 1. The largest absolute Gasteiger partial charge is 0.497 e. The van der Waals surface area contributed by atoms with Crippen LogP contribution in [0.15, 0.2) is 95.0 Å². The topological polar surface area (TPSA) is 124 Å². The van der Waals surface area contributed by atoms with Gasteiger partial charge in [0.25, 0.3) is 0 Å². The van der Waals surface area contributed by atoms with E-state index in [1.807, 2.05) is 52.0 Å². The lowest BCUT2D eigenvalue weighted by Crippen LogP contribution is -2.42. The number of sulfonamides is 1. The molecule has 0 aliphatic carbocycles. The molecule has 1 aliphatic rings. The van der Waals surface area contributed by atoms with E-state index in [0.29, 0.717) is 41.2 Å². The third-order valence-electron chi connectivity index (χ3n) is 8.95.